The molecule has 8 rings (SSSR count). The molecule has 0 saturated heterocycles. The number of aryl methyl sites for hydroxylation is 2. The van der Waals surface area contributed by atoms with Crippen LogP contribution in [0.5, 0.6) is 0 Å². The molecule has 2 heterocycles. The van der Waals surface area contributed by atoms with Crippen molar-refractivity contribution in [2.75, 3.05) is 0 Å². The molecule has 0 amide bonds. The van der Waals surface area contributed by atoms with Crippen LogP contribution in [0.25, 0.3) is 66.1 Å². The Morgan fingerprint density at radius 3 is 1.54 bits per heavy atom. The lowest BCUT2D eigenvalue weighted by atomic mass is 9.90. The van der Waals surface area contributed by atoms with Crippen LogP contribution in [0.2, 0.25) is 0 Å². The number of nitrogens with zero attached hydrogens (tertiary/aromatic N) is 4. The maximum atomic E-state index is 14.6. The lowest BCUT2D eigenvalue weighted by Crippen LogP contribution is -2.10. The van der Waals surface area contributed by atoms with E-state index in [1.807, 2.05) is 86.6 Å². The minimum atomic E-state index is -4.76. The fourth-order valence-corrected chi connectivity index (χ4v) is 7.10. The lowest BCUT2D eigenvalue weighted by molar-refractivity contribution is -0.137. The molecule has 7 heteroatoms. The molecule has 4 nitrogen and oxygen atoms in total. The van der Waals surface area contributed by atoms with Crippen molar-refractivity contribution < 1.29 is 13.2 Å². The SMILES string of the molecule is Cc1ccc2c(c1)c1ccccc1n2-c1cc(C#N)c(-c2c(C#N)cccc2C(F)(F)F)cc1-n1c2ccccc2c2cc(C)ccc21. The van der Waals surface area contributed by atoms with E-state index >= 15 is 0 Å². The Kier molecular flexibility index (Phi) is 6.44. The summed E-state index contributed by atoms with van der Waals surface area (Å²) in [6.07, 6.45) is -4.76. The number of aromatic nitrogens is 2. The molecule has 0 aliphatic carbocycles. The molecule has 0 N–H and O–H groups in total. The van der Waals surface area contributed by atoms with Gasteiger partial charge in [-0.3, -0.25) is 0 Å². The van der Waals surface area contributed by atoms with Gasteiger partial charge in [-0.2, -0.15) is 23.7 Å². The Hall–Kier alpha value is -6.31. The van der Waals surface area contributed by atoms with Gasteiger partial charge in [0.2, 0.25) is 0 Å². The van der Waals surface area contributed by atoms with Gasteiger partial charge in [-0.15, -0.1) is 0 Å². The highest BCUT2D eigenvalue weighted by atomic mass is 19.4. The number of hydrogen-bond acceptors (Lipinski definition) is 2. The minimum absolute atomic E-state index is 0.0246. The molecule has 0 atom stereocenters. The summed E-state index contributed by atoms with van der Waals surface area (Å²) in [5, 5.41) is 24.6. The van der Waals surface area contributed by atoms with E-state index in [4.69, 9.17) is 0 Å². The van der Waals surface area contributed by atoms with Gasteiger partial charge in [-0.1, -0.05) is 65.7 Å². The first-order valence-electron chi connectivity index (χ1n) is 15.4. The van der Waals surface area contributed by atoms with Crippen molar-refractivity contribution in [2.45, 2.75) is 20.0 Å². The maximum Gasteiger partial charge on any atom is 0.417 e. The van der Waals surface area contributed by atoms with Crippen molar-refractivity contribution in [1.29, 1.82) is 10.5 Å². The molecule has 0 fully saturated rings. The zero-order valence-electron chi connectivity index (χ0n) is 25.9. The first kappa shape index (κ1) is 29.1. The minimum Gasteiger partial charge on any atom is -0.307 e. The van der Waals surface area contributed by atoms with E-state index in [9.17, 15) is 23.7 Å². The molecule has 8 aromatic rings. The zero-order valence-corrected chi connectivity index (χ0v) is 25.9. The molecule has 230 valence electrons. The Morgan fingerprint density at radius 1 is 0.521 bits per heavy atom. The number of fused-ring (bicyclic) bond motifs is 6. The van der Waals surface area contributed by atoms with Crippen LogP contribution in [-0.2, 0) is 6.18 Å². The standard InChI is InChI=1S/C41H25F3N4/c1-24-14-16-36-31(18-24)28-9-3-5-12-34(28)47(36)38-20-27(23-46)30(40-26(22-45)8-7-11-33(40)41(42,43)44)21-39(38)48-35-13-6-4-10-29(35)32-19-25(2)15-17-37(32)48/h3-21H,1-2H3. The van der Waals surface area contributed by atoms with Crippen molar-refractivity contribution in [1.82, 2.24) is 9.13 Å². The van der Waals surface area contributed by atoms with Crippen molar-refractivity contribution >= 4 is 43.6 Å². The Labute approximate surface area is 273 Å². The molecule has 0 unspecified atom stereocenters. The largest absolute Gasteiger partial charge is 0.417 e. The average molecular weight is 631 g/mol. The number of hydrogen-bond donors (Lipinski definition) is 0. The third kappa shape index (κ3) is 4.29. The van der Waals surface area contributed by atoms with Crippen LogP contribution in [0.1, 0.15) is 27.8 Å². The molecule has 2 aromatic heterocycles. The van der Waals surface area contributed by atoms with Crippen LogP contribution in [0, 0.1) is 36.5 Å². The molecule has 48 heavy (non-hydrogen) atoms. The first-order valence-corrected chi connectivity index (χ1v) is 15.4. The monoisotopic (exact) mass is 630 g/mol. The van der Waals surface area contributed by atoms with Crippen molar-refractivity contribution in [3.63, 3.8) is 0 Å². The highest BCUT2D eigenvalue weighted by Crippen LogP contribution is 2.44. The van der Waals surface area contributed by atoms with E-state index in [0.29, 0.717) is 11.4 Å². The average Bonchev–Trinajstić information content (AvgIpc) is 3.59. The molecular formula is C41H25F3N4. The highest BCUT2D eigenvalue weighted by molar-refractivity contribution is 6.12. The summed E-state index contributed by atoms with van der Waals surface area (Å²) < 4.78 is 47.9. The molecule has 0 aliphatic heterocycles. The van der Waals surface area contributed by atoms with Crippen molar-refractivity contribution in [3.8, 4) is 34.6 Å². The second-order valence-electron chi connectivity index (χ2n) is 12.1. The normalized spacial score (nSPS) is 11.8. The molecule has 0 bridgehead atoms. The smallest absolute Gasteiger partial charge is 0.307 e. The highest BCUT2D eigenvalue weighted by Gasteiger charge is 2.36. The van der Waals surface area contributed by atoms with E-state index in [1.165, 1.54) is 12.1 Å². The number of halogens is 3. The van der Waals surface area contributed by atoms with Crippen LogP contribution in [0.3, 0.4) is 0 Å². The molecule has 6 aromatic carbocycles. The van der Waals surface area contributed by atoms with Crippen LogP contribution < -0.4 is 0 Å². The van der Waals surface area contributed by atoms with Gasteiger partial charge in [0, 0.05) is 32.7 Å². The summed E-state index contributed by atoms with van der Waals surface area (Å²) in [5.74, 6) is 0. The predicted octanol–water partition coefficient (Wildman–Crippen LogP) is 10.9. The molecule has 0 radical (unpaired) electrons. The quantitative estimate of drug-likeness (QED) is 0.195. The van der Waals surface area contributed by atoms with Gasteiger partial charge in [0.25, 0.3) is 0 Å². The van der Waals surface area contributed by atoms with Crippen molar-refractivity contribution in [2.24, 2.45) is 0 Å². The Balaban J connectivity index is 1.61. The van der Waals surface area contributed by atoms with Gasteiger partial charge in [0.05, 0.1) is 62.3 Å². The fraction of sp³-hybridized carbons (Fsp3) is 0.0732. The number of para-hydroxylation sites is 2. The maximum absolute atomic E-state index is 14.6. The van der Waals surface area contributed by atoms with Gasteiger partial charge in [0.15, 0.2) is 0 Å². The second-order valence-corrected chi connectivity index (χ2v) is 12.1. The molecule has 0 spiro atoms. The topological polar surface area (TPSA) is 57.4 Å². The molecular weight excluding hydrogens is 605 g/mol. The summed E-state index contributed by atoms with van der Waals surface area (Å²) >= 11 is 0. The van der Waals surface area contributed by atoms with Crippen LogP contribution in [0.15, 0.2) is 115 Å². The Bertz CT molecular complexity index is 2710. The molecule has 0 saturated carbocycles. The van der Waals surface area contributed by atoms with E-state index in [-0.39, 0.29) is 22.3 Å². The van der Waals surface area contributed by atoms with Gasteiger partial charge in [-0.05, 0) is 74.5 Å². The first-order chi connectivity index (χ1) is 23.2. The van der Waals surface area contributed by atoms with Crippen LogP contribution in [0.4, 0.5) is 13.2 Å². The van der Waals surface area contributed by atoms with Crippen molar-refractivity contribution in [3.05, 3.63) is 143 Å². The summed E-state index contributed by atoms with van der Waals surface area (Å²) in [6, 6.07) is 39.2. The number of rotatable bonds is 3. The number of alkyl halides is 3. The van der Waals surface area contributed by atoms with E-state index in [1.54, 1.807) is 12.1 Å². The fourth-order valence-electron chi connectivity index (χ4n) is 7.10. The molecule has 0 aliphatic rings. The number of benzene rings is 6. The van der Waals surface area contributed by atoms with Crippen LogP contribution >= 0.6 is 0 Å². The van der Waals surface area contributed by atoms with E-state index < -0.39 is 11.7 Å². The number of nitriles is 2. The third-order valence-electron chi connectivity index (χ3n) is 9.13. The summed E-state index contributed by atoms with van der Waals surface area (Å²) in [4.78, 5) is 0. The van der Waals surface area contributed by atoms with Gasteiger partial charge in [-0.25, -0.2) is 0 Å². The summed E-state index contributed by atoms with van der Waals surface area (Å²) in [6.45, 7) is 4.05. The van der Waals surface area contributed by atoms with E-state index in [2.05, 4.69) is 33.4 Å². The predicted molar refractivity (Wildman–Crippen MR) is 184 cm³/mol. The van der Waals surface area contributed by atoms with E-state index in [0.717, 1.165) is 60.8 Å². The van der Waals surface area contributed by atoms with Gasteiger partial charge < -0.3 is 9.13 Å². The lowest BCUT2D eigenvalue weighted by Gasteiger charge is -2.21. The summed E-state index contributed by atoms with van der Waals surface area (Å²) in [7, 11) is 0. The zero-order chi connectivity index (χ0) is 33.3. The summed E-state index contributed by atoms with van der Waals surface area (Å²) in [5.41, 5.74) is 5.47. The Morgan fingerprint density at radius 2 is 1.02 bits per heavy atom. The van der Waals surface area contributed by atoms with Gasteiger partial charge in [0.1, 0.15) is 0 Å². The van der Waals surface area contributed by atoms with Gasteiger partial charge >= 0.3 is 6.18 Å². The second kappa shape index (κ2) is 10.6. The van der Waals surface area contributed by atoms with Crippen LogP contribution in [-0.4, -0.2) is 9.13 Å². The third-order valence-corrected chi connectivity index (χ3v) is 9.13.